The summed E-state index contributed by atoms with van der Waals surface area (Å²) in [5.74, 6) is 0. The highest BCUT2D eigenvalue weighted by Crippen LogP contribution is 2.51. The number of halogens is 2. The second-order valence-electron chi connectivity index (χ2n) is 13.0. The van der Waals surface area contributed by atoms with Gasteiger partial charge in [-0.2, -0.15) is 0 Å². The van der Waals surface area contributed by atoms with Crippen LogP contribution in [0.4, 0.5) is 22.7 Å². The maximum absolute atomic E-state index is 10.8. The average molecular weight is 652 g/mol. The lowest BCUT2D eigenvalue weighted by molar-refractivity contribution is -0.385. The number of nitrogens with two attached hydrogens (primary N) is 1. The van der Waals surface area contributed by atoms with E-state index in [4.69, 9.17) is 34.0 Å². The summed E-state index contributed by atoms with van der Waals surface area (Å²) in [7, 11) is 5.31. The predicted octanol–water partition coefficient (Wildman–Crippen LogP) is 6.12. The summed E-state index contributed by atoms with van der Waals surface area (Å²) < 4.78 is 0. The zero-order valence-electron chi connectivity index (χ0n) is 25.8. The number of benzene rings is 2. The molecular formula is C31H44Cl2N6O5. The van der Waals surface area contributed by atoms with Crippen molar-refractivity contribution in [3.8, 4) is 0 Å². The molecule has 6 rings (SSSR count). The fourth-order valence-corrected chi connectivity index (χ4v) is 7.94. The minimum Gasteiger partial charge on any atom is -0.400 e. The van der Waals surface area contributed by atoms with Crippen LogP contribution in [0.15, 0.2) is 36.4 Å². The predicted molar refractivity (Wildman–Crippen MR) is 176 cm³/mol. The Bertz CT molecular complexity index is 1310. The number of rotatable bonds is 5. The molecule has 2 saturated heterocycles. The van der Waals surface area contributed by atoms with Crippen molar-refractivity contribution in [2.24, 2.45) is 16.6 Å². The van der Waals surface area contributed by atoms with E-state index < -0.39 is 9.85 Å². The highest BCUT2D eigenvalue weighted by molar-refractivity contribution is 6.33. The van der Waals surface area contributed by atoms with Gasteiger partial charge in [-0.1, -0.05) is 23.2 Å². The van der Waals surface area contributed by atoms with Crippen LogP contribution >= 0.6 is 23.2 Å². The molecule has 4 fully saturated rings. The van der Waals surface area contributed by atoms with E-state index in [0.29, 0.717) is 26.9 Å². The normalized spacial score (nSPS) is 21.9. The molecule has 2 heterocycles. The molecule has 0 unspecified atom stereocenters. The Labute approximate surface area is 269 Å². The van der Waals surface area contributed by atoms with Crippen molar-refractivity contribution < 1.29 is 15.0 Å². The number of aliphatic hydroxyl groups excluding tert-OH is 1. The fourth-order valence-electron chi connectivity index (χ4n) is 7.35. The van der Waals surface area contributed by atoms with E-state index in [9.17, 15) is 20.2 Å². The SMILES string of the molecule is CN(C)C1CC2(CCN(c3ccc([N+](=O)[O-])cc3Cl)CC2)C1.CO.NC1CC2(CCN(c3ccc([N+](=O)[O-])cc3Cl)CC2)C1. The van der Waals surface area contributed by atoms with E-state index in [-0.39, 0.29) is 11.4 Å². The number of nitrogens with zero attached hydrogens (tertiary/aromatic N) is 5. The van der Waals surface area contributed by atoms with Crippen LogP contribution in [0.25, 0.3) is 0 Å². The number of nitro benzene ring substituents is 2. The van der Waals surface area contributed by atoms with Gasteiger partial charge in [0.2, 0.25) is 0 Å². The number of hydrogen-bond acceptors (Lipinski definition) is 9. The Kier molecular flexibility index (Phi) is 11.0. The molecule has 2 aliphatic carbocycles. The molecule has 0 radical (unpaired) electrons. The summed E-state index contributed by atoms with van der Waals surface area (Å²) in [6.07, 6.45) is 9.49. The first-order valence-electron chi connectivity index (χ1n) is 15.1. The van der Waals surface area contributed by atoms with Crippen molar-refractivity contribution in [1.82, 2.24) is 4.90 Å². The lowest BCUT2D eigenvalue weighted by Crippen LogP contribution is -2.53. The second-order valence-corrected chi connectivity index (χ2v) is 13.8. The lowest BCUT2D eigenvalue weighted by atomic mass is 9.60. The van der Waals surface area contributed by atoms with Crippen molar-refractivity contribution in [2.45, 2.75) is 63.5 Å². The summed E-state index contributed by atoms with van der Waals surface area (Å²) in [5, 5.41) is 29.4. The fraction of sp³-hybridized carbons (Fsp3) is 0.613. The largest absolute Gasteiger partial charge is 0.400 e. The third kappa shape index (κ3) is 7.56. The van der Waals surface area contributed by atoms with Crippen molar-refractivity contribution in [3.63, 3.8) is 0 Å². The first-order chi connectivity index (χ1) is 20.9. The summed E-state index contributed by atoms with van der Waals surface area (Å²) >= 11 is 12.4. The van der Waals surface area contributed by atoms with Gasteiger partial charge in [0.05, 0.1) is 31.3 Å². The highest BCUT2D eigenvalue weighted by Gasteiger charge is 2.47. The van der Waals surface area contributed by atoms with Gasteiger partial charge in [-0.25, -0.2) is 0 Å². The van der Waals surface area contributed by atoms with E-state index in [1.54, 1.807) is 12.1 Å². The Hall–Kier alpha value is -2.70. The molecule has 2 aromatic carbocycles. The number of piperidine rings is 2. The van der Waals surface area contributed by atoms with Crippen LogP contribution < -0.4 is 15.5 Å². The van der Waals surface area contributed by atoms with E-state index in [1.807, 2.05) is 0 Å². The molecule has 13 heteroatoms. The van der Waals surface area contributed by atoms with Crippen molar-refractivity contribution in [2.75, 3.05) is 57.2 Å². The molecule has 2 aliphatic heterocycles. The van der Waals surface area contributed by atoms with Gasteiger partial charge in [0.15, 0.2) is 0 Å². The molecule has 4 aliphatic rings. The summed E-state index contributed by atoms with van der Waals surface area (Å²) in [4.78, 5) is 27.5. The Morgan fingerprint density at radius 3 is 1.43 bits per heavy atom. The molecular weight excluding hydrogens is 607 g/mol. The van der Waals surface area contributed by atoms with Crippen LogP contribution in [-0.2, 0) is 0 Å². The molecule has 2 spiro atoms. The third-order valence-corrected chi connectivity index (χ3v) is 10.7. The summed E-state index contributed by atoms with van der Waals surface area (Å²) in [6.45, 7) is 3.86. The quantitative estimate of drug-likeness (QED) is 0.289. The van der Waals surface area contributed by atoms with Crippen molar-refractivity contribution >= 4 is 46.0 Å². The lowest BCUT2D eigenvalue weighted by Gasteiger charge is -2.54. The molecule has 2 saturated carbocycles. The van der Waals surface area contributed by atoms with Gasteiger partial charge in [0.1, 0.15) is 0 Å². The van der Waals surface area contributed by atoms with Gasteiger partial charge in [0.25, 0.3) is 11.4 Å². The van der Waals surface area contributed by atoms with Gasteiger partial charge in [0, 0.05) is 69.6 Å². The Morgan fingerprint density at radius 2 is 1.14 bits per heavy atom. The van der Waals surface area contributed by atoms with E-state index in [2.05, 4.69) is 28.8 Å². The standard InChI is InChI=1S/C16H22ClN3O2.C14H18ClN3O2.CH4O/c1-18(2)13-10-16(11-13)5-7-19(8-6-16)15-4-3-12(20(21)22)9-14(15)17;15-12-7-11(18(19)20)1-2-13(12)17-5-3-14(4-6-17)8-10(16)9-14;1-2/h3-4,9,13H,5-8,10-11H2,1-2H3;1-2,7,10H,3-6,8-9,16H2;2H,1H3. The number of aliphatic hydroxyl groups is 1. The van der Waals surface area contributed by atoms with Crippen LogP contribution in [0.2, 0.25) is 10.0 Å². The van der Waals surface area contributed by atoms with Crippen LogP contribution in [-0.4, -0.2) is 79.3 Å². The molecule has 0 bridgehead atoms. The first-order valence-corrected chi connectivity index (χ1v) is 15.9. The van der Waals surface area contributed by atoms with Gasteiger partial charge >= 0.3 is 0 Å². The third-order valence-electron chi connectivity index (χ3n) is 10.1. The van der Waals surface area contributed by atoms with Gasteiger partial charge in [-0.3, -0.25) is 20.2 Å². The minimum absolute atomic E-state index is 0.0391. The second kappa shape index (κ2) is 14.2. The number of hydrogen-bond donors (Lipinski definition) is 2. The zero-order chi connectivity index (χ0) is 32.2. The van der Waals surface area contributed by atoms with E-state index in [0.717, 1.165) is 76.4 Å². The molecule has 2 aromatic rings. The van der Waals surface area contributed by atoms with Crippen LogP contribution in [0.5, 0.6) is 0 Å². The summed E-state index contributed by atoms with van der Waals surface area (Å²) in [6, 6.07) is 10.6. The molecule has 11 nitrogen and oxygen atoms in total. The zero-order valence-corrected chi connectivity index (χ0v) is 27.3. The Balaban J connectivity index is 0.000000191. The topological polar surface area (TPSA) is 142 Å². The average Bonchev–Trinajstić information content (AvgIpc) is 2.97. The maximum Gasteiger partial charge on any atom is 0.271 e. The number of anilines is 2. The van der Waals surface area contributed by atoms with Crippen LogP contribution in [0.1, 0.15) is 51.4 Å². The smallest absolute Gasteiger partial charge is 0.271 e. The monoisotopic (exact) mass is 650 g/mol. The molecule has 0 aromatic heterocycles. The van der Waals surface area contributed by atoms with E-state index >= 15 is 0 Å². The highest BCUT2D eigenvalue weighted by atomic mass is 35.5. The van der Waals surface area contributed by atoms with Crippen LogP contribution in [0.3, 0.4) is 0 Å². The van der Waals surface area contributed by atoms with Gasteiger partial charge in [-0.05, 0) is 88.4 Å². The molecule has 0 amide bonds. The number of nitro groups is 2. The van der Waals surface area contributed by atoms with E-state index in [1.165, 1.54) is 49.9 Å². The summed E-state index contributed by atoms with van der Waals surface area (Å²) in [5.41, 5.74) is 8.77. The van der Waals surface area contributed by atoms with Gasteiger partial charge in [-0.15, -0.1) is 0 Å². The minimum atomic E-state index is -0.420. The maximum atomic E-state index is 10.8. The molecule has 44 heavy (non-hydrogen) atoms. The van der Waals surface area contributed by atoms with Crippen molar-refractivity contribution in [1.29, 1.82) is 0 Å². The Morgan fingerprint density at radius 1 is 0.773 bits per heavy atom. The first kappa shape index (κ1) is 34.2. The van der Waals surface area contributed by atoms with Crippen molar-refractivity contribution in [3.05, 3.63) is 66.7 Å². The van der Waals surface area contributed by atoms with Crippen LogP contribution in [0, 0.1) is 31.1 Å². The molecule has 0 atom stereocenters. The van der Waals surface area contributed by atoms with Gasteiger partial charge < -0.3 is 25.5 Å². The molecule has 3 N–H and O–H groups in total. The molecule has 242 valence electrons. The number of non-ortho nitro benzene ring substituents is 2.